The molecule has 0 radical (unpaired) electrons. The molecule has 1 unspecified atom stereocenters. The van der Waals surface area contributed by atoms with Crippen LogP contribution in [-0.4, -0.2) is 5.11 Å². The predicted molar refractivity (Wildman–Crippen MR) is 73.5 cm³/mol. The summed E-state index contributed by atoms with van der Waals surface area (Å²) >= 11 is 1.61. The van der Waals surface area contributed by atoms with Crippen molar-refractivity contribution in [1.29, 1.82) is 0 Å². The second-order valence-electron chi connectivity index (χ2n) is 5.33. The van der Waals surface area contributed by atoms with Crippen molar-refractivity contribution < 1.29 is 5.11 Å². The lowest BCUT2D eigenvalue weighted by atomic mass is 9.86. The highest BCUT2D eigenvalue weighted by Gasteiger charge is 2.15. The molecule has 0 fully saturated rings. The second kappa shape index (κ2) is 4.63. The van der Waals surface area contributed by atoms with Gasteiger partial charge in [-0.05, 0) is 38.9 Å². The first kappa shape index (κ1) is 12.3. The number of rotatable bonds is 2. The minimum Gasteiger partial charge on any atom is -0.384 e. The van der Waals surface area contributed by atoms with Crippen LogP contribution in [-0.2, 0) is 5.41 Å². The Morgan fingerprint density at radius 2 is 1.65 bits per heavy atom. The van der Waals surface area contributed by atoms with E-state index < -0.39 is 6.10 Å². The molecule has 1 aromatic heterocycles. The quantitative estimate of drug-likeness (QED) is 0.845. The second-order valence-corrected chi connectivity index (χ2v) is 6.11. The van der Waals surface area contributed by atoms with Crippen LogP contribution in [0.15, 0.2) is 41.1 Å². The largest absolute Gasteiger partial charge is 0.384 e. The van der Waals surface area contributed by atoms with Gasteiger partial charge in [-0.25, -0.2) is 0 Å². The molecule has 1 heterocycles. The Bertz CT molecular complexity index is 463. The van der Waals surface area contributed by atoms with Crippen LogP contribution < -0.4 is 0 Å². The number of thiophene rings is 1. The Hall–Kier alpha value is -1.12. The van der Waals surface area contributed by atoms with Gasteiger partial charge in [0.25, 0.3) is 0 Å². The van der Waals surface area contributed by atoms with Crippen molar-refractivity contribution in [1.82, 2.24) is 0 Å². The zero-order valence-electron chi connectivity index (χ0n) is 10.5. The monoisotopic (exact) mass is 246 g/mol. The molecule has 1 N–H and O–H groups in total. The smallest absolute Gasteiger partial charge is 0.105 e. The molecule has 0 spiro atoms. The maximum absolute atomic E-state index is 10.2. The highest BCUT2D eigenvalue weighted by atomic mass is 32.1. The highest BCUT2D eigenvalue weighted by Crippen LogP contribution is 2.27. The molecule has 0 aliphatic rings. The van der Waals surface area contributed by atoms with Crippen LogP contribution in [0.1, 0.15) is 43.6 Å². The topological polar surface area (TPSA) is 20.2 Å². The first-order chi connectivity index (χ1) is 7.98. The van der Waals surface area contributed by atoms with E-state index in [1.807, 2.05) is 29.0 Å². The minimum atomic E-state index is -0.504. The Kier molecular flexibility index (Phi) is 3.36. The Balaban J connectivity index is 2.24. The Morgan fingerprint density at radius 1 is 1.00 bits per heavy atom. The fourth-order valence-corrected chi connectivity index (χ4v) is 2.47. The van der Waals surface area contributed by atoms with E-state index >= 15 is 0 Å². The van der Waals surface area contributed by atoms with Crippen LogP contribution in [0.25, 0.3) is 0 Å². The van der Waals surface area contributed by atoms with Gasteiger partial charge in [0.05, 0.1) is 0 Å². The van der Waals surface area contributed by atoms with Crippen LogP contribution in [0.4, 0.5) is 0 Å². The summed E-state index contributed by atoms with van der Waals surface area (Å²) in [7, 11) is 0. The summed E-state index contributed by atoms with van der Waals surface area (Å²) in [5, 5.41) is 14.2. The Labute approximate surface area is 107 Å². The lowest BCUT2D eigenvalue weighted by Gasteiger charge is -2.20. The van der Waals surface area contributed by atoms with Gasteiger partial charge >= 0.3 is 0 Å². The number of aliphatic hydroxyl groups excluding tert-OH is 1. The zero-order valence-corrected chi connectivity index (χ0v) is 11.3. The van der Waals surface area contributed by atoms with Crippen molar-refractivity contribution in [2.75, 3.05) is 0 Å². The molecule has 1 aromatic carbocycles. The molecule has 0 saturated carbocycles. The fraction of sp³-hybridized carbons (Fsp3) is 0.333. The van der Waals surface area contributed by atoms with Crippen LogP contribution in [0.5, 0.6) is 0 Å². The lowest BCUT2D eigenvalue weighted by molar-refractivity contribution is 0.221. The molecule has 2 heteroatoms. The molecule has 0 saturated heterocycles. The summed E-state index contributed by atoms with van der Waals surface area (Å²) in [4.78, 5) is 0. The van der Waals surface area contributed by atoms with E-state index in [4.69, 9.17) is 0 Å². The van der Waals surface area contributed by atoms with Gasteiger partial charge in [-0.15, -0.1) is 0 Å². The first-order valence-corrected chi connectivity index (χ1v) is 6.73. The SMILES string of the molecule is CC(C)(C)c1ccc(C(O)c2ccsc2)cc1. The third-order valence-electron chi connectivity index (χ3n) is 2.95. The number of benzene rings is 1. The van der Waals surface area contributed by atoms with Gasteiger partial charge in [0.1, 0.15) is 6.10 Å². The normalized spacial score (nSPS) is 13.6. The first-order valence-electron chi connectivity index (χ1n) is 5.79. The van der Waals surface area contributed by atoms with E-state index in [9.17, 15) is 5.11 Å². The number of hydrogen-bond donors (Lipinski definition) is 1. The van der Waals surface area contributed by atoms with Crippen molar-refractivity contribution in [3.8, 4) is 0 Å². The molecule has 17 heavy (non-hydrogen) atoms. The van der Waals surface area contributed by atoms with Gasteiger partial charge in [0.2, 0.25) is 0 Å². The van der Waals surface area contributed by atoms with Gasteiger partial charge in [0.15, 0.2) is 0 Å². The summed E-state index contributed by atoms with van der Waals surface area (Å²) < 4.78 is 0. The summed E-state index contributed by atoms with van der Waals surface area (Å²) in [6.45, 7) is 6.58. The average molecular weight is 246 g/mol. The van der Waals surface area contributed by atoms with Gasteiger partial charge in [0, 0.05) is 0 Å². The molecule has 0 aliphatic heterocycles. The van der Waals surface area contributed by atoms with Gasteiger partial charge in [-0.3, -0.25) is 0 Å². The van der Waals surface area contributed by atoms with Crippen molar-refractivity contribution in [2.24, 2.45) is 0 Å². The van der Waals surface area contributed by atoms with E-state index in [-0.39, 0.29) is 5.41 Å². The van der Waals surface area contributed by atoms with Crippen molar-refractivity contribution in [3.05, 3.63) is 57.8 Å². The maximum Gasteiger partial charge on any atom is 0.105 e. The third kappa shape index (κ3) is 2.76. The summed E-state index contributed by atoms with van der Waals surface area (Å²) in [5.41, 5.74) is 3.37. The van der Waals surface area contributed by atoms with E-state index in [2.05, 4.69) is 32.9 Å². The van der Waals surface area contributed by atoms with Crippen LogP contribution in [0.2, 0.25) is 0 Å². The number of hydrogen-bond acceptors (Lipinski definition) is 2. The van der Waals surface area contributed by atoms with Crippen molar-refractivity contribution >= 4 is 11.3 Å². The van der Waals surface area contributed by atoms with Crippen LogP contribution in [0, 0.1) is 0 Å². The molecule has 0 aliphatic carbocycles. The standard InChI is InChI=1S/C15H18OS/c1-15(2,3)13-6-4-11(5-7-13)14(16)12-8-9-17-10-12/h4-10,14,16H,1-3H3. The maximum atomic E-state index is 10.2. The average Bonchev–Trinajstić information content (AvgIpc) is 2.80. The molecular weight excluding hydrogens is 228 g/mol. The molecule has 1 atom stereocenters. The van der Waals surface area contributed by atoms with Crippen molar-refractivity contribution in [3.63, 3.8) is 0 Å². The summed E-state index contributed by atoms with van der Waals surface area (Å²) in [6.07, 6.45) is -0.504. The lowest BCUT2D eigenvalue weighted by Crippen LogP contribution is -2.11. The van der Waals surface area contributed by atoms with Gasteiger partial charge < -0.3 is 5.11 Å². The predicted octanol–water partition coefficient (Wildman–Crippen LogP) is 4.13. The van der Waals surface area contributed by atoms with E-state index in [1.165, 1.54) is 5.56 Å². The summed E-state index contributed by atoms with van der Waals surface area (Å²) in [6, 6.07) is 10.2. The molecule has 0 bridgehead atoms. The molecule has 1 nitrogen and oxygen atoms in total. The third-order valence-corrected chi connectivity index (χ3v) is 3.65. The minimum absolute atomic E-state index is 0.159. The zero-order chi connectivity index (χ0) is 12.5. The van der Waals surface area contributed by atoms with E-state index in [0.717, 1.165) is 11.1 Å². The van der Waals surface area contributed by atoms with E-state index in [1.54, 1.807) is 11.3 Å². The fourth-order valence-electron chi connectivity index (χ4n) is 1.79. The number of aliphatic hydroxyl groups is 1. The molecular formula is C15H18OS. The molecule has 2 aromatic rings. The van der Waals surface area contributed by atoms with E-state index in [0.29, 0.717) is 0 Å². The summed E-state index contributed by atoms with van der Waals surface area (Å²) in [5.74, 6) is 0. The van der Waals surface area contributed by atoms with Crippen LogP contribution in [0.3, 0.4) is 0 Å². The molecule has 90 valence electrons. The highest BCUT2D eigenvalue weighted by molar-refractivity contribution is 7.07. The van der Waals surface area contributed by atoms with Gasteiger partial charge in [-0.1, -0.05) is 45.0 Å². The van der Waals surface area contributed by atoms with Gasteiger partial charge in [-0.2, -0.15) is 11.3 Å². The van der Waals surface area contributed by atoms with Crippen molar-refractivity contribution in [2.45, 2.75) is 32.3 Å². The Morgan fingerprint density at radius 3 is 2.12 bits per heavy atom. The van der Waals surface area contributed by atoms with Crippen LogP contribution >= 0.6 is 11.3 Å². The molecule has 2 rings (SSSR count). The molecule has 0 amide bonds.